The lowest BCUT2D eigenvalue weighted by molar-refractivity contribution is 0.189. The first-order chi connectivity index (χ1) is 5.22. The topological polar surface area (TPSA) is 69.6 Å². The zero-order chi connectivity index (χ0) is 8.27. The molecule has 0 saturated carbocycles. The molecule has 0 bridgehead atoms. The Bertz CT molecular complexity index is 179. The maximum absolute atomic E-state index is 10.1. The van der Waals surface area contributed by atoms with E-state index in [9.17, 15) is 4.79 Å². The van der Waals surface area contributed by atoms with E-state index >= 15 is 0 Å². The molecule has 1 rings (SSSR count). The van der Waals surface area contributed by atoms with Crippen LogP contribution in [0.5, 0.6) is 0 Å². The minimum absolute atomic E-state index is 0.0916. The van der Waals surface area contributed by atoms with Gasteiger partial charge in [-0.15, -0.1) is 0 Å². The lowest BCUT2D eigenvalue weighted by Crippen LogP contribution is -2.31. The number of amides is 1. The average molecular weight is 157 g/mol. The van der Waals surface area contributed by atoms with Gasteiger partial charge in [-0.25, -0.2) is 4.79 Å². The second-order valence-corrected chi connectivity index (χ2v) is 2.62. The summed E-state index contributed by atoms with van der Waals surface area (Å²) < 4.78 is 0. The lowest BCUT2D eigenvalue weighted by atomic mass is 10.1. The minimum Gasteiger partial charge on any atom is -0.465 e. The average Bonchev–Trinajstić information content (AvgIpc) is 2.34. The van der Waals surface area contributed by atoms with Crippen molar-refractivity contribution in [2.24, 2.45) is 5.92 Å². The van der Waals surface area contributed by atoms with Crippen LogP contribution in [0.4, 0.5) is 4.79 Å². The van der Waals surface area contributed by atoms with E-state index in [2.05, 4.69) is 5.32 Å². The van der Waals surface area contributed by atoms with Crippen molar-refractivity contribution in [3.05, 3.63) is 12.2 Å². The Morgan fingerprint density at radius 2 is 2.36 bits per heavy atom. The molecule has 0 spiro atoms. The van der Waals surface area contributed by atoms with Crippen molar-refractivity contribution in [3.8, 4) is 0 Å². The van der Waals surface area contributed by atoms with Crippen LogP contribution in [0.25, 0.3) is 0 Å². The van der Waals surface area contributed by atoms with Gasteiger partial charge in [0.15, 0.2) is 0 Å². The molecule has 0 heterocycles. The number of hydrogen-bond donors (Lipinski definition) is 3. The summed E-state index contributed by atoms with van der Waals surface area (Å²) >= 11 is 0. The molecule has 2 unspecified atom stereocenters. The minimum atomic E-state index is -1.02. The fourth-order valence-electron chi connectivity index (χ4n) is 1.18. The summed E-state index contributed by atoms with van der Waals surface area (Å²) in [5.41, 5.74) is 0. The molecule has 1 aliphatic carbocycles. The largest absolute Gasteiger partial charge is 0.465 e. The van der Waals surface area contributed by atoms with E-state index in [1.165, 1.54) is 0 Å². The maximum Gasteiger partial charge on any atom is 0.405 e. The summed E-state index contributed by atoms with van der Waals surface area (Å²) in [4.78, 5) is 10.1. The van der Waals surface area contributed by atoms with Crippen LogP contribution in [-0.4, -0.2) is 29.0 Å². The fourth-order valence-corrected chi connectivity index (χ4v) is 1.18. The molecule has 4 nitrogen and oxygen atoms in total. The van der Waals surface area contributed by atoms with Crippen molar-refractivity contribution in [3.63, 3.8) is 0 Å². The summed E-state index contributed by atoms with van der Waals surface area (Å²) in [7, 11) is 0. The smallest absolute Gasteiger partial charge is 0.405 e. The van der Waals surface area contributed by atoms with E-state index in [0.717, 1.165) is 0 Å². The van der Waals surface area contributed by atoms with Crippen LogP contribution in [0.2, 0.25) is 0 Å². The number of carboxylic acid groups (broad SMARTS) is 1. The number of aliphatic hydroxyl groups excluding tert-OH is 1. The number of aliphatic hydroxyl groups is 1. The highest BCUT2D eigenvalue weighted by atomic mass is 16.4. The second-order valence-electron chi connectivity index (χ2n) is 2.62. The Morgan fingerprint density at radius 1 is 1.64 bits per heavy atom. The zero-order valence-electron chi connectivity index (χ0n) is 6.03. The molecule has 0 aliphatic heterocycles. The molecule has 11 heavy (non-hydrogen) atoms. The van der Waals surface area contributed by atoms with E-state index < -0.39 is 6.09 Å². The van der Waals surface area contributed by atoms with Crippen LogP contribution in [-0.2, 0) is 0 Å². The fraction of sp³-hybridized carbons (Fsp3) is 0.571. The van der Waals surface area contributed by atoms with Gasteiger partial charge in [-0.05, 0) is 6.42 Å². The summed E-state index contributed by atoms with van der Waals surface area (Å²) in [5.74, 6) is 0.117. The molecule has 0 aromatic carbocycles. The number of carbonyl (C=O) groups is 1. The Labute approximate surface area is 64.5 Å². The Morgan fingerprint density at radius 3 is 2.82 bits per heavy atom. The molecule has 0 radical (unpaired) electrons. The Hall–Kier alpha value is -1.03. The van der Waals surface area contributed by atoms with Crippen LogP contribution >= 0.6 is 0 Å². The number of nitrogens with one attached hydrogen (secondary N) is 1. The summed E-state index contributed by atoms with van der Waals surface area (Å²) in [5, 5.41) is 19.3. The highest BCUT2D eigenvalue weighted by Crippen LogP contribution is 2.16. The van der Waals surface area contributed by atoms with Crippen molar-refractivity contribution in [2.45, 2.75) is 12.5 Å². The van der Waals surface area contributed by atoms with Crippen LogP contribution in [0, 0.1) is 5.92 Å². The zero-order valence-corrected chi connectivity index (χ0v) is 6.03. The van der Waals surface area contributed by atoms with E-state index in [1.54, 1.807) is 6.08 Å². The quantitative estimate of drug-likeness (QED) is 0.501. The van der Waals surface area contributed by atoms with E-state index in [4.69, 9.17) is 10.2 Å². The van der Waals surface area contributed by atoms with Gasteiger partial charge in [0.1, 0.15) is 0 Å². The third-order valence-corrected chi connectivity index (χ3v) is 1.72. The molecule has 0 aromatic rings. The van der Waals surface area contributed by atoms with Gasteiger partial charge in [0.25, 0.3) is 0 Å². The molecule has 62 valence electrons. The summed E-state index contributed by atoms with van der Waals surface area (Å²) in [6.07, 6.45) is 3.26. The van der Waals surface area contributed by atoms with Gasteiger partial charge in [-0.2, -0.15) is 0 Å². The molecule has 1 aliphatic rings. The molecule has 0 saturated heterocycles. The van der Waals surface area contributed by atoms with Crippen molar-refractivity contribution in [1.29, 1.82) is 0 Å². The maximum atomic E-state index is 10.1. The third-order valence-electron chi connectivity index (χ3n) is 1.72. The first-order valence-corrected chi connectivity index (χ1v) is 3.51. The van der Waals surface area contributed by atoms with Crippen molar-refractivity contribution in [2.75, 3.05) is 6.61 Å². The normalized spacial score (nSPS) is 28.8. The predicted molar refractivity (Wildman–Crippen MR) is 39.3 cm³/mol. The van der Waals surface area contributed by atoms with E-state index in [0.29, 0.717) is 6.42 Å². The number of hydrogen-bond acceptors (Lipinski definition) is 2. The van der Waals surface area contributed by atoms with Crippen molar-refractivity contribution >= 4 is 6.09 Å². The standard InChI is InChI=1S/C7H11NO3/c9-4-5-1-2-6(3-5)8-7(10)11/h1-2,5-6,8-9H,3-4H2,(H,10,11). The van der Waals surface area contributed by atoms with Gasteiger partial charge in [0.2, 0.25) is 0 Å². The van der Waals surface area contributed by atoms with Crippen LogP contribution in [0.15, 0.2) is 12.2 Å². The Balaban J connectivity index is 2.32. The van der Waals surface area contributed by atoms with Crippen LogP contribution in [0.3, 0.4) is 0 Å². The molecule has 1 amide bonds. The van der Waals surface area contributed by atoms with Gasteiger partial charge in [0.05, 0.1) is 6.04 Å². The van der Waals surface area contributed by atoms with Crippen molar-refractivity contribution in [1.82, 2.24) is 5.32 Å². The van der Waals surface area contributed by atoms with E-state index in [1.807, 2.05) is 6.08 Å². The van der Waals surface area contributed by atoms with Crippen molar-refractivity contribution < 1.29 is 15.0 Å². The summed E-state index contributed by atoms with van der Waals surface area (Å²) in [6, 6.07) is -0.121. The number of rotatable bonds is 2. The van der Waals surface area contributed by atoms with E-state index in [-0.39, 0.29) is 18.6 Å². The van der Waals surface area contributed by atoms with Gasteiger partial charge in [-0.1, -0.05) is 12.2 Å². The molecule has 3 N–H and O–H groups in total. The van der Waals surface area contributed by atoms with Gasteiger partial charge >= 0.3 is 6.09 Å². The van der Waals surface area contributed by atoms with Crippen LogP contribution in [0.1, 0.15) is 6.42 Å². The SMILES string of the molecule is O=C(O)NC1C=CC(CO)C1. The monoisotopic (exact) mass is 157 g/mol. The second kappa shape index (κ2) is 3.39. The Kier molecular flexibility index (Phi) is 2.48. The van der Waals surface area contributed by atoms with Gasteiger partial charge in [0, 0.05) is 12.5 Å². The molecule has 0 aromatic heterocycles. The van der Waals surface area contributed by atoms with Gasteiger partial charge in [-0.3, -0.25) is 0 Å². The molecule has 0 fully saturated rings. The first kappa shape index (κ1) is 8.07. The summed E-state index contributed by atoms with van der Waals surface area (Å²) in [6.45, 7) is 0.0916. The highest BCUT2D eigenvalue weighted by molar-refractivity contribution is 5.65. The van der Waals surface area contributed by atoms with Crippen LogP contribution < -0.4 is 5.32 Å². The molecular weight excluding hydrogens is 146 g/mol. The molecule has 2 atom stereocenters. The lowest BCUT2D eigenvalue weighted by Gasteiger charge is -2.08. The molecular formula is C7H11NO3. The molecule has 4 heteroatoms. The highest BCUT2D eigenvalue weighted by Gasteiger charge is 2.18. The van der Waals surface area contributed by atoms with Gasteiger partial charge < -0.3 is 15.5 Å². The third kappa shape index (κ3) is 2.23. The predicted octanol–water partition coefficient (Wildman–Crippen LogP) is 0.191. The first-order valence-electron chi connectivity index (χ1n) is 3.51.